The van der Waals surface area contributed by atoms with Crippen LogP contribution < -0.4 is 5.32 Å². The molecular weight excluding hydrogens is 284 g/mol. The quantitative estimate of drug-likeness (QED) is 0.939. The number of hydrogen-bond acceptors (Lipinski definition) is 2. The summed E-state index contributed by atoms with van der Waals surface area (Å²) in [6.07, 6.45) is 5.50. The topological polar surface area (TPSA) is 42.0 Å². The van der Waals surface area contributed by atoms with E-state index >= 15 is 0 Å². The Bertz CT molecular complexity index is 695. The average molecular weight is 306 g/mol. The van der Waals surface area contributed by atoms with Gasteiger partial charge in [-0.05, 0) is 49.3 Å². The van der Waals surface area contributed by atoms with Crippen molar-refractivity contribution in [2.75, 3.05) is 0 Å². The predicted molar refractivity (Wildman–Crippen MR) is 90.2 cm³/mol. The summed E-state index contributed by atoms with van der Waals surface area (Å²) in [7, 11) is 0. The van der Waals surface area contributed by atoms with E-state index in [0.29, 0.717) is 17.4 Å². The number of aryl methyl sites for hydroxylation is 1. The van der Waals surface area contributed by atoms with Gasteiger partial charge in [-0.1, -0.05) is 36.8 Å². The van der Waals surface area contributed by atoms with Crippen molar-refractivity contribution in [3.8, 4) is 0 Å². The predicted octanol–water partition coefficient (Wildman–Crippen LogP) is 3.70. The Balaban J connectivity index is 1.54. The molecule has 4 atom stereocenters. The molecule has 0 unspecified atom stereocenters. The molecule has 2 aromatic rings. The fraction of sp³-hybridized carbons (Fsp3) is 0.400. The molecule has 1 aromatic carbocycles. The third-order valence-electron chi connectivity index (χ3n) is 5.59. The molecule has 23 heavy (non-hydrogen) atoms. The zero-order chi connectivity index (χ0) is 15.8. The molecule has 2 aliphatic carbocycles. The Hall–Kier alpha value is -2.16. The number of aromatic nitrogens is 1. The molecule has 0 spiro atoms. The number of pyridine rings is 1. The number of fused-ring (bicyclic) bond motifs is 1. The van der Waals surface area contributed by atoms with Gasteiger partial charge in [-0.3, -0.25) is 9.78 Å². The Morgan fingerprint density at radius 3 is 2.61 bits per heavy atom. The van der Waals surface area contributed by atoms with Crippen molar-refractivity contribution in [2.24, 2.45) is 11.8 Å². The maximum atomic E-state index is 12.6. The number of nitrogens with zero attached hydrogens (tertiary/aromatic N) is 1. The van der Waals surface area contributed by atoms with Gasteiger partial charge in [0.1, 0.15) is 0 Å². The number of hydrogen-bond donors (Lipinski definition) is 1. The molecule has 1 amide bonds. The molecule has 1 aromatic heterocycles. The summed E-state index contributed by atoms with van der Waals surface area (Å²) in [5, 5.41) is 3.29. The van der Waals surface area contributed by atoms with Gasteiger partial charge in [-0.25, -0.2) is 0 Å². The van der Waals surface area contributed by atoms with Gasteiger partial charge in [0.15, 0.2) is 0 Å². The van der Waals surface area contributed by atoms with E-state index in [9.17, 15) is 4.79 Å². The first-order valence-electron chi connectivity index (χ1n) is 8.52. The highest BCUT2D eigenvalue weighted by molar-refractivity contribution is 5.94. The van der Waals surface area contributed by atoms with Crippen LogP contribution in [-0.2, 0) is 0 Å². The van der Waals surface area contributed by atoms with Gasteiger partial charge in [-0.15, -0.1) is 0 Å². The van der Waals surface area contributed by atoms with E-state index in [1.54, 1.807) is 6.20 Å². The van der Waals surface area contributed by atoms with Crippen LogP contribution >= 0.6 is 0 Å². The Morgan fingerprint density at radius 2 is 1.87 bits per heavy atom. The Morgan fingerprint density at radius 1 is 1.09 bits per heavy atom. The molecule has 2 saturated carbocycles. The normalized spacial score (nSPS) is 28.7. The number of nitrogens with one attached hydrogen (secondary N) is 1. The molecule has 2 fully saturated rings. The lowest BCUT2D eigenvalue weighted by Gasteiger charge is -2.49. The molecule has 0 bridgehead atoms. The molecule has 3 nitrogen and oxygen atoms in total. The van der Waals surface area contributed by atoms with Crippen LogP contribution in [0.5, 0.6) is 0 Å². The number of rotatable bonds is 3. The summed E-state index contributed by atoms with van der Waals surface area (Å²) in [4.78, 5) is 16.8. The first kappa shape index (κ1) is 14.4. The monoisotopic (exact) mass is 306 g/mol. The summed E-state index contributed by atoms with van der Waals surface area (Å²) in [5.41, 5.74) is 2.95. The summed E-state index contributed by atoms with van der Waals surface area (Å²) in [5.74, 6) is 1.85. The number of amides is 1. The lowest BCUT2D eigenvalue weighted by molar-refractivity contribution is 0.0691. The second-order valence-corrected chi connectivity index (χ2v) is 6.88. The van der Waals surface area contributed by atoms with Gasteiger partial charge < -0.3 is 5.32 Å². The highest BCUT2D eigenvalue weighted by Gasteiger charge is 2.53. The van der Waals surface area contributed by atoms with Crippen LogP contribution in [0.3, 0.4) is 0 Å². The molecule has 0 aliphatic heterocycles. The zero-order valence-electron chi connectivity index (χ0n) is 13.4. The van der Waals surface area contributed by atoms with Crippen LogP contribution in [0.25, 0.3) is 0 Å². The summed E-state index contributed by atoms with van der Waals surface area (Å²) in [6, 6.07) is 14.7. The van der Waals surface area contributed by atoms with E-state index in [4.69, 9.17) is 0 Å². The van der Waals surface area contributed by atoms with Crippen molar-refractivity contribution in [3.63, 3.8) is 0 Å². The molecule has 3 heteroatoms. The second kappa shape index (κ2) is 5.80. The molecule has 0 radical (unpaired) electrons. The van der Waals surface area contributed by atoms with Gasteiger partial charge in [-0.2, -0.15) is 0 Å². The standard InChI is InChI=1S/C20H22N2O/c1-13-10-11-15(12-21-13)20(23)22-19-17-9-5-8-16(17)18(19)14-6-3-2-4-7-14/h2-4,6-7,10-12,16-19H,5,8-9H2,1H3,(H,22,23)/t16-,17-,18+,19+/m0/s1. The largest absolute Gasteiger partial charge is 0.348 e. The zero-order valence-corrected chi connectivity index (χ0v) is 13.4. The average Bonchev–Trinajstić information content (AvgIpc) is 2.98. The van der Waals surface area contributed by atoms with Gasteiger partial charge in [0, 0.05) is 23.9 Å². The van der Waals surface area contributed by atoms with Crippen molar-refractivity contribution in [2.45, 2.75) is 38.1 Å². The van der Waals surface area contributed by atoms with E-state index in [1.807, 2.05) is 19.1 Å². The van der Waals surface area contributed by atoms with Crippen molar-refractivity contribution in [3.05, 3.63) is 65.5 Å². The number of carbonyl (C=O) groups is 1. The van der Waals surface area contributed by atoms with Crippen molar-refractivity contribution in [1.29, 1.82) is 0 Å². The first-order valence-corrected chi connectivity index (χ1v) is 8.52. The maximum Gasteiger partial charge on any atom is 0.253 e. The molecular formula is C20H22N2O. The SMILES string of the molecule is Cc1ccc(C(=O)N[C@@H]2[C@H]3CCC[C@@H]3[C@H]2c2ccccc2)cn1. The van der Waals surface area contributed by atoms with E-state index < -0.39 is 0 Å². The molecule has 1 N–H and O–H groups in total. The van der Waals surface area contributed by atoms with E-state index in [0.717, 1.165) is 11.6 Å². The lowest BCUT2D eigenvalue weighted by Crippen LogP contribution is -2.56. The lowest BCUT2D eigenvalue weighted by atomic mass is 9.60. The summed E-state index contributed by atoms with van der Waals surface area (Å²) < 4.78 is 0. The van der Waals surface area contributed by atoms with E-state index in [2.05, 4.69) is 40.6 Å². The minimum absolute atomic E-state index is 0.00813. The number of carbonyl (C=O) groups excluding carboxylic acids is 1. The Labute approximate surface area is 137 Å². The third kappa shape index (κ3) is 2.54. The fourth-order valence-electron chi connectivity index (χ4n) is 4.46. The van der Waals surface area contributed by atoms with E-state index in [-0.39, 0.29) is 11.9 Å². The molecule has 4 rings (SSSR count). The molecule has 1 heterocycles. The van der Waals surface area contributed by atoms with Crippen LogP contribution in [0.2, 0.25) is 0 Å². The molecule has 118 valence electrons. The van der Waals surface area contributed by atoms with Crippen molar-refractivity contribution in [1.82, 2.24) is 10.3 Å². The first-order chi connectivity index (χ1) is 11.2. The molecule has 2 aliphatic rings. The minimum atomic E-state index is 0.00813. The second-order valence-electron chi connectivity index (χ2n) is 6.88. The van der Waals surface area contributed by atoms with Gasteiger partial charge >= 0.3 is 0 Å². The van der Waals surface area contributed by atoms with Crippen LogP contribution in [-0.4, -0.2) is 16.9 Å². The molecule has 0 saturated heterocycles. The van der Waals surface area contributed by atoms with E-state index in [1.165, 1.54) is 24.8 Å². The van der Waals surface area contributed by atoms with Gasteiger partial charge in [0.05, 0.1) is 5.56 Å². The van der Waals surface area contributed by atoms with Crippen LogP contribution in [0.4, 0.5) is 0 Å². The van der Waals surface area contributed by atoms with Gasteiger partial charge in [0.25, 0.3) is 5.91 Å². The number of benzene rings is 1. The van der Waals surface area contributed by atoms with Gasteiger partial charge in [0.2, 0.25) is 0 Å². The minimum Gasteiger partial charge on any atom is -0.348 e. The van der Waals surface area contributed by atoms with Crippen LogP contribution in [0.15, 0.2) is 48.7 Å². The van der Waals surface area contributed by atoms with Crippen molar-refractivity contribution < 1.29 is 4.79 Å². The highest BCUT2D eigenvalue weighted by Crippen LogP contribution is 2.55. The fourth-order valence-corrected chi connectivity index (χ4v) is 4.46. The summed E-state index contributed by atoms with van der Waals surface area (Å²) >= 11 is 0. The Kier molecular flexibility index (Phi) is 3.64. The highest BCUT2D eigenvalue weighted by atomic mass is 16.1. The third-order valence-corrected chi connectivity index (χ3v) is 5.59. The van der Waals surface area contributed by atoms with Crippen molar-refractivity contribution >= 4 is 5.91 Å². The summed E-state index contributed by atoms with van der Waals surface area (Å²) in [6.45, 7) is 1.93. The smallest absolute Gasteiger partial charge is 0.253 e. The van der Waals surface area contributed by atoms with Crippen LogP contribution in [0, 0.1) is 18.8 Å². The maximum absolute atomic E-state index is 12.6. The van der Waals surface area contributed by atoms with Crippen LogP contribution in [0.1, 0.15) is 46.8 Å².